The number of nitrogens with one attached hydrogen (secondary N) is 1. The molecule has 1 aliphatic rings. The van der Waals surface area contributed by atoms with Crippen molar-refractivity contribution in [3.05, 3.63) is 35.9 Å². The minimum absolute atomic E-state index is 0.165. The van der Waals surface area contributed by atoms with Crippen LogP contribution in [0.25, 0.3) is 0 Å². The normalized spacial score (nSPS) is 20.1. The molecule has 1 aromatic carbocycles. The number of rotatable bonds is 3. The van der Waals surface area contributed by atoms with E-state index < -0.39 is 0 Å². The number of esters is 1. The van der Waals surface area contributed by atoms with E-state index in [2.05, 4.69) is 5.32 Å². The standard InChI is InChI=1S/C11H13NO2S/c13-11(10-12-6-7-15-10)14-8-9-4-2-1-3-5-9/h1-5,10,12H,6-8H2. The summed E-state index contributed by atoms with van der Waals surface area (Å²) in [6, 6.07) is 9.71. The fourth-order valence-electron chi connectivity index (χ4n) is 1.38. The minimum Gasteiger partial charge on any atom is -0.459 e. The summed E-state index contributed by atoms with van der Waals surface area (Å²) in [6.45, 7) is 1.24. The van der Waals surface area contributed by atoms with Crippen LogP contribution in [0.3, 0.4) is 0 Å². The molecule has 0 amide bonds. The highest BCUT2D eigenvalue weighted by molar-refractivity contribution is 8.00. The number of ether oxygens (including phenoxy) is 1. The van der Waals surface area contributed by atoms with Crippen LogP contribution in [-0.2, 0) is 16.1 Å². The molecule has 1 saturated heterocycles. The van der Waals surface area contributed by atoms with Crippen molar-refractivity contribution in [3.8, 4) is 0 Å². The van der Waals surface area contributed by atoms with Gasteiger partial charge in [0.05, 0.1) is 0 Å². The van der Waals surface area contributed by atoms with E-state index in [1.54, 1.807) is 11.8 Å². The van der Waals surface area contributed by atoms with Gasteiger partial charge in [-0.1, -0.05) is 30.3 Å². The van der Waals surface area contributed by atoms with Crippen molar-refractivity contribution >= 4 is 17.7 Å². The van der Waals surface area contributed by atoms with Crippen LogP contribution >= 0.6 is 11.8 Å². The van der Waals surface area contributed by atoms with E-state index in [0.717, 1.165) is 17.9 Å². The Morgan fingerprint density at radius 1 is 1.47 bits per heavy atom. The highest BCUT2D eigenvalue weighted by Gasteiger charge is 2.23. The monoisotopic (exact) mass is 223 g/mol. The van der Waals surface area contributed by atoms with Crippen LogP contribution in [0.2, 0.25) is 0 Å². The lowest BCUT2D eigenvalue weighted by Gasteiger charge is -2.09. The van der Waals surface area contributed by atoms with Crippen LogP contribution in [0.5, 0.6) is 0 Å². The third-order valence-corrected chi connectivity index (χ3v) is 3.29. The van der Waals surface area contributed by atoms with E-state index in [1.807, 2.05) is 30.3 Å². The van der Waals surface area contributed by atoms with E-state index >= 15 is 0 Å². The molecule has 0 radical (unpaired) electrons. The fourth-order valence-corrected chi connectivity index (χ4v) is 2.29. The van der Waals surface area contributed by atoms with Crippen LogP contribution in [0.1, 0.15) is 5.56 Å². The van der Waals surface area contributed by atoms with Crippen molar-refractivity contribution in [1.29, 1.82) is 0 Å². The first-order chi connectivity index (χ1) is 7.36. The third kappa shape index (κ3) is 2.97. The minimum atomic E-state index is -0.172. The van der Waals surface area contributed by atoms with Crippen molar-refractivity contribution in [3.63, 3.8) is 0 Å². The van der Waals surface area contributed by atoms with Crippen LogP contribution in [0, 0.1) is 0 Å². The second-order valence-corrected chi connectivity index (χ2v) is 4.51. The lowest BCUT2D eigenvalue weighted by Crippen LogP contribution is -2.30. The summed E-state index contributed by atoms with van der Waals surface area (Å²) in [6.07, 6.45) is 0. The van der Waals surface area contributed by atoms with Crippen LogP contribution in [0.15, 0.2) is 30.3 Å². The van der Waals surface area contributed by atoms with Gasteiger partial charge < -0.3 is 4.74 Å². The highest BCUT2D eigenvalue weighted by Crippen LogP contribution is 2.15. The molecule has 2 rings (SSSR count). The summed E-state index contributed by atoms with van der Waals surface area (Å²) in [7, 11) is 0. The molecule has 15 heavy (non-hydrogen) atoms. The zero-order chi connectivity index (χ0) is 10.5. The maximum Gasteiger partial charge on any atom is 0.333 e. The average molecular weight is 223 g/mol. The molecule has 1 heterocycles. The average Bonchev–Trinajstić information content (AvgIpc) is 2.81. The highest BCUT2D eigenvalue weighted by atomic mass is 32.2. The van der Waals surface area contributed by atoms with Crippen LogP contribution in [0.4, 0.5) is 0 Å². The quantitative estimate of drug-likeness (QED) is 0.786. The molecule has 1 atom stereocenters. The zero-order valence-electron chi connectivity index (χ0n) is 8.31. The molecule has 1 unspecified atom stereocenters. The fraction of sp³-hybridized carbons (Fsp3) is 0.364. The molecular weight excluding hydrogens is 210 g/mol. The summed E-state index contributed by atoms with van der Waals surface area (Å²) < 4.78 is 5.19. The first-order valence-electron chi connectivity index (χ1n) is 4.92. The van der Waals surface area contributed by atoms with Gasteiger partial charge in [0.25, 0.3) is 0 Å². The van der Waals surface area contributed by atoms with Gasteiger partial charge in [-0.3, -0.25) is 5.32 Å². The third-order valence-electron chi connectivity index (χ3n) is 2.15. The summed E-state index contributed by atoms with van der Waals surface area (Å²) in [4.78, 5) is 11.5. The van der Waals surface area contributed by atoms with E-state index in [-0.39, 0.29) is 11.3 Å². The van der Waals surface area contributed by atoms with Crippen LogP contribution in [-0.4, -0.2) is 23.6 Å². The Hall–Kier alpha value is -1.00. The Bertz CT molecular complexity index is 323. The van der Waals surface area contributed by atoms with Gasteiger partial charge in [-0.2, -0.15) is 0 Å². The second kappa shape index (κ2) is 5.19. The molecule has 1 aromatic rings. The van der Waals surface area contributed by atoms with Crippen molar-refractivity contribution in [2.24, 2.45) is 0 Å². The van der Waals surface area contributed by atoms with Gasteiger partial charge in [0.1, 0.15) is 6.61 Å². The largest absolute Gasteiger partial charge is 0.459 e. The zero-order valence-corrected chi connectivity index (χ0v) is 9.13. The van der Waals surface area contributed by atoms with Gasteiger partial charge in [0, 0.05) is 12.3 Å². The smallest absolute Gasteiger partial charge is 0.333 e. The van der Waals surface area contributed by atoms with Gasteiger partial charge in [0.15, 0.2) is 5.37 Å². The lowest BCUT2D eigenvalue weighted by atomic mass is 10.2. The van der Waals surface area contributed by atoms with Gasteiger partial charge in [-0.15, -0.1) is 11.8 Å². The van der Waals surface area contributed by atoms with E-state index in [0.29, 0.717) is 6.61 Å². The van der Waals surface area contributed by atoms with Crippen molar-refractivity contribution < 1.29 is 9.53 Å². The molecule has 1 N–H and O–H groups in total. The van der Waals surface area contributed by atoms with Crippen LogP contribution < -0.4 is 5.32 Å². The number of carbonyl (C=O) groups is 1. The summed E-state index contributed by atoms with van der Waals surface area (Å²) in [5, 5.41) is 2.91. The number of carbonyl (C=O) groups excluding carboxylic acids is 1. The molecule has 0 aliphatic carbocycles. The van der Waals surface area contributed by atoms with E-state index in [1.165, 1.54) is 0 Å². The van der Waals surface area contributed by atoms with Crippen molar-refractivity contribution in [2.45, 2.75) is 12.0 Å². The molecule has 0 spiro atoms. The Labute approximate surface area is 93.2 Å². The molecule has 1 fully saturated rings. The molecule has 0 aromatic heterocycles. The first kappa shape index (κ1) is 10.5. The number of thioether (sulfide) groups is 1. The molecular formula is C11H13NO2S. The Balaban J connectivity index is 1.80. The first-order valence-corrected chi connectivity index (χ1v) is 5.97. The van der Waals surface area contributed by atoms with Gasteiger partial charge in [-0.25, -0.2) is 4.79 Å². The maximum absolute atomic E-state index is 11.5. The molecule has 4 heteroatoms. The topological polar surface area (TPSA) is 38.3 Å². The van der Waals surface area contributed by atoms with Gasteiger partial charge in [0.2, 0.25) is 0 Å². The molecule has 0 saturated carbocycles. The predicted molar refractivity (Wildman–Crippen MR) is 60.5 cm³/mol. The molecule has 3 nitrogen and oxygen atoms in total. The Morgan fingerprint density at radius 2 is 2.27 bits per heavy atom. The summed E-state index contributed by atoms with van der Waals surface area (Å²) in [5.74, 6) is 0.812. The Morgan fingerprint density at radius 3 is 2.93 bits per heavy atom. The van der Waals surface area contributed by atoms with E-state index in [4.69, 9.17) is 4.74 Å². The molecule has 1 aliphatic heterocycles. The van der Waals surface area contributed by atoms with Gasteiger partial charge in [-0.05, 0) is 5.56 Å². The predicted octanol–water partition coefficient (Wildman–Crippen LogP) is 1.39. The summed E-state index contributed by atoms with van der Waals surface area (Å²) >= 11 is 1.60. The number of hydrogen-bond donors (Lipinski definition) is 1. The van der Waals surface area contributed by atoms with E-state index in [9.17, 15) is 4.79 Å². The summed E-state index contributed by atoms with van der Waals surface area (Å²) in [5.41, 5.74) is 1.02. The Kier molecular flexibility index (Phi) is 3.64. The number of hydrogen-bond acceptors (Lipinski definition) is 4. The van der Waals surface area contributed by atoms with Gasteiger partial charge >= 0.3 is 5.97 Å². The SMILES string of the molecule is O=C(OCc1ccccc1)C1NCCS1. The maximum atomic E-state index is 11.5. The van der Waals surface area contributed by atoms with Crippen molar-refractivity contribution in [1.82, 2.24) is 5.32 Å². The molecule has 0 bridgehead atoms. The second-order valence-electron chi connectivity index (χ2n) is 3.30. The lowest BCUT2D eigenvalue weighted by molar-refractivity contribution is -0.144. The molecule has 80 valence electrons. The van der Waals surface area contributed by atoms with Crippen molar-refractivity contribution in [2.75, 3.05) is 12.3 Å². The number of benzene rings is 1.